The number of sulfonamides is 1. The normalized spacial score (nSPS) is 12.8. The molecular formula is C11H22BrN5O2S. The summed E-state index contributed by atoms with van der Waals surface area (Å²) in [4.78, 5) is 1.96. The molecule has 20 heavy (non-hydrogen) atoms. The number of nitrogens with zero attached hydrogens (tertiary/aromatic N) is 5. The van der Waals surface area contributed by atoms with Gasteiger partial charge in [0.05, 0.1) is 0 Å². The molecule has 0 aliphatic rings. The van der Waals surface area contributed by atoms with Gasteiger partial charge in [0, 0.05) is 26.7 Å². The molecule has 0 aliphatic carbocycles. The summed E-state index contributed by atoms with van der Waals surface area (Å²) in [6.45, 7) is 5.55. The highest BCUT2D eigenvalue weighted by Gasteiger charge is 2.31. The SMILES string of the molecule is CC(C)CN(CCN(C)C)S(=O)(=O)c1c(Br)nnn1C. The maximum atomic E-state index is 12.8. The molecule has 0 spiro atoms. The fraction of sp³-hybridized carbons (Fsp3) is 0.818. The molecule has 0 saturated heterocycles. The van der Waals surface area contributed by atoms with Gasteiger partial charge in [-0.25, -0.2) is 13.1 Å². The van der Waals surface area contributed by atoms with E-state index >= 15 is 0 Å². The van der Waals surface area contributed by atoms with Crippen molar-refractivity contribution in [1.29, 1.82) is 0 Å². The lowest BCUT2D eigenvalue weighted by Crippen LogP contribution is -2.39. The second-order valence-electron chi connectivity index (χ2n) is 5.37. The van der Waals surface area contributed by atoms with E-state index in [0.717, 1.165) is 0 Å². The van der Waals surface area contributed by atoms with E-state index in [-0.39, 0.29) is 15.5 Å². The molecule has 0 N–H and O–H groups in total. The van der Waals surface area contributed by atoms with Crippen molar-refractivity contribution >= 4 is 26.0 Å². The molecule has 0 aliphatic heterocycles. The van der Waals surface area contributed by atoms with Crippen LogP contribution in [-0.2, 0) is 17.1 Å². The Labute approximate surface area is 129 Å². The second-order valence-corrected chi connectivity index (χ2v) is 7.97. The van der Waals surface area contributed by atoms with Gasteiger partial charge in [-0.15, -0.1) is 5.10 Å². The average molecular weight is 368 g/mol. The topological polar surface area (TPSA) is 71.3 Å². The van der Waals surface area contributed by atoms with E-state index in [1.165, 1.54) is 8.99 Å². The van der Waals surface area contributed by atoms with Gasteiger partial charge in [0.2, 0.25) is 5.03 Å². The van der Waals surface area contributed by atoms with Crippen LogP contribution in [0.5, 0.6) is 0 Å². The Morgan fingerprint density at radius 1 is 1.30 bits per heavy atom. The third-order valence-corrected chi connectivity index (χ3v) is 5.44. The van der Waals surface area contributed by atoms with Crippen molar-refractivity contribution in [3.63, 3.8) is 0 Å². The minimum atomic E-state index is -3.61. The minimum Gasteiger partial charge on any atom is -0.308 e. The Morgan fingerprint density at radius 2 is 1.90 bits per heavy atom. The molecule has 0 aromatic carbocycles. The van der Waals surface area contributed by atoms with Crippen LogP contribution in [-0.4, -0.2) is 66.3 Å². The van der Waals surface area contributed by atoms with Crippen LogP contribution in [0.25, 0.3) is 0 Å². The number of hydrogen-bond acceptors (Lipinski definition) is 5. The summed E-state index contributed by atoms with van der Waals surface area (Å²) in [5.74, 6) is 0.242. The van der Waals surface area contributed by atoms with E-state index in [1.54, 1.807) is 7.05 Å². The molecule has 7 nitrogen and oxygen atoms in total. The zero-order chi connectivity index (χ0) is 15.5. The van der Waals surface area contributed by atoms with Gasteiger partial charge in [-0.05, 0) is 35.9 Å². The first-order valence-corrected chi connectivity index (χ1v) is 8.59. The predicted molar refractivity (Wildman–Crippen MR) is 80.9 cm³/mol. The van der Waals surface area contributed by atoms with Crippen molar-refractivity contribution in [3.05, 3.63) is 4.60 Å². The van der Waals surface area contributed by atoms with Gasteiger partial charge in [-0.1, -0.05) is 19.1 Å². The van der Waals surface area contributed by atoms with Crippen molar-refractivity contribution < 1.29 is 8.42 Å². The first-order chi connectivity index (χ1) is 9.16. The van der Waals surface area contributed by atoms with E-state index < -0.39 is 10.0 Å². The van der Waals surface area contributed by atoms with Gasteiger partial charge in [-0.3, -0.25) is 0 Å². The van der Waals surface area contributed by atoms with Crippen LogP contribution in [0, 0.1) is 5.92 Å². The van der Waals surface area contributed by atoms with Crippen LogP contribution in [0.2, 0.25) is 0 Å². The minimum absolute atomic E-state index is 0.0944. The fourth-order valence-electron chi connectivity index (χ4n) is 1.75. The Morgan fingerprint density at radius 3 is 2.30 bits per heavy atom. The number of rotatable bonds is 7. The van der Waals surface area contributed by atoms with Crippen LogP contribution in [0.1, 0.15) is 13.8 Å². The number of hydrogen-bond donors (Lipinski definition) is 0. The predicted octanol–water partition coefficient (Wildman–Crippen LogP) is 0.786. The number of aromatic nitrogens is 3. The molecule has 1 heterocycles. The first kappa shape index (κ1) is 17.5. The van der Waals surface area contributed by atoms with Crippen molar-refractivity contribution in [1.82, 2.24) is 24.2 Å². The maximum Gasteiger partial charge on any atom is 0.263 e. The van der Waals surface area contributed by atoms with E-state index in [4.69, 9.17) is 0 Å². The Balaban J connectivity index is 3.10. The lowest BCUT2D eigenvalue weighted by molar-refractivity contribution is 0.311. The van der Waals surface area contributed by atoms with Crippen LogP contribution < -0.4 is 0 Å². The number of aryl methyl sites for hydroxylation is 1. The fourth-order valence-corrected chi connectivity index (χ4v) is 4.37. The Bertz CT molecular complexity index is 522. The van der Waals surface area contributed by atoms with E-state index in [0.29, 0.717) is 19.6 Å². The smallest absolute Gasteiger partial charge is 0.263 e. The van der Waals surface area contributed by atoms with Gasteiger partial charge in [0.25, 0.3) is 10.0 Å². The molecule has 1 aromatic rings. The quantitative estimate of drug-likeness (QED) is 0.712. The van der Waals surface area contributed by atoms with Gasteiger partial charge in [-0.2, -0.15) is 4.31 Å². The standard InChI is InChI=1S/C11H22BrN5O2S/c1-9(2)8-17(7-6-15(3)4)20(18,19)11-10(12)13-14-16(11)5/h9H,6-8H2,1-5H3. The van der Waals surface area contributed by atoms with Crippen molar-refractivity contribution in [2.45, 2.75) is 18.9 Å². The molecular weight excluding hydrogens is 346 g/mol. The molecule has 0 amide bonds. The molecule has 116 valence electrons. The summed E-state index contributed by atoms with van der Waals surface area (Å²) in [7, 11) is 1.80. The van der Waals surface area contributed by atoms with Crippen LogP contribution in [0.4, 0.5) is 0 Å². The molecule has 0 bridgehead atoms. The lowest BCUT2D eigenvalue weighted by atomic mass is 10.2. The second kappa shape index (κ2) is 6.97. The zero-order valence-corrected chi connectivity index (χ0v) is 14.9. The molecule has 0 saturated carbocycles. The van der Waals surface area contributed by atoms with Crippen molar-refractivity contribution in [3.8, 4) is 0 Å². The monoisotopic (exact) mass is 367 g/mol. The van der Waals surface area contributed by atoms with Crippen LogP contribution in [0.15, 0.2) is 9.63 Å². The molecule has 1 aromatic heterocycles. The summed E-state index contributed by atoms with van der Waals surface area (Å²) < 4.78 is 28.5. The van der Waals surface area contributed by atoms with Crippen molar-refractivity contribution in [2.24, 2.45) is 13.0 Å². The molecule has 0 radical (unpaired) electrons. The van der Waals surface area contributed by atoms with Crippen molar-refractivity contribution in [2.75, 3.05) is 33.7 Å². The highest BCUT2D eigenvalue weighted by Crippen LogP contribution is 2.22. The van der Waals surface area contributed by atoms with Gasteiger partial charge >= 0.3 is 0 Å². The molecule has 0 fully saturated rings. The zero-order valence-electron chi connectivity index (χ0n) is 12.5. The van der Waals surface area contributed by atoms with Crippen LogP contribution in [0.3, 0.4) is 0 Å². The first-order valence-electron chi connectivity index (χ1n) is 6.36. The summed E-state index contributed by atoms with van der Waals surface area (Å²) in [5, 5.41) is 7.59. The summed E-state index contributed by atoms with van der Waals surface area (Å²) in [6.07, 6.45) is 0. The molecule has 1 rings (SSSR count). The highest BCUT2D eigenvalue weighted by molar-refractivity contribution is 9.10. The summed E-state index contributed by atoms with van der Waals surface area (Å²) in [5.41, 5.74) is 0. The summed E-state index contributed by atoms with van der Waals surface area (Å²) in [6, 6.07) is 0. The number of halogens is 1. The van der Waals surface area contributed by atoms with Gasteiger partial charge in [0.15, 0.2) is 4.60 Å². The molecule has 0 atom stereocenters. The Hall–Kier alpha value is -0.510. The third-order valence-electron chi connectivity index (χ3n) is 2.69. The van der Waals surface area contributed by atoms with Crippen LogP contribution >= 0.6 is 15.9 Å². The average Bonchev–Trinajstić information content (AvgIpc) is 2.63. The third kappa shape index (κ3) is 4.24. The van der Waals surface area contributed by atoms with Gasteiger partial charge < -0.3 is 4.90 Å². The lowest BCUT2D eigenvalue weighted by Gasteiger charge is -2.25. The van der Waals surface area contributed by atoms with Gasteiger partial charge in [0.1, 0.15) is 0 Å². The summed E-state index contributed by atoms with van der Waals surface area (Å²) >= 11 is 3.16. The van der Waals surface area contributed by atoms with E-state index in [9.17, 15) is 8.42 Å². The molecule has 0 unspecified atom stereocenters. The highest BCUT2D eigenvalue weighted by atomic mass is 79.9. The molecule has 9 heteroatoms. The van der Waals surface area contributed by atoms with E-state index in [1.807, 2.05) is 32.8 Å². The number of likely N-dealkylation sites (N-methyl/N-ethyl adjacent to an activating group) is 1. The Kier molecular flexibility index (Phi) is 6.11. The van der Waals surface area contributed by atoms with E-state index in [2.05, 4.69) is 26.2 Å². The largest absolute Gasteiger partial charge is 0.308 e. The maximum absolute atomic E-state index is 12.8.